The lowest BCUT2D eigenvalue weighted by Crippen LogP contribution is -2.48. The number of nitrogens with one attached hydrogen (secondary N) is 1. The van der Waals surface area contributed by atoms with Gasteiger partial charge in [0.2, 0.25) is 0 Å². The van der Waals surface area contributed by atoms with Crippen LogP contribution in [0.1, 0.15) is 31.1 Å². The number of alkyl halides is 1. The number of likely N-dealkylation sites (tertiary alicyclic amines) is 1. The minimum Gasteiger partial charge on any atom is -0.334 e. The average Bonchev–Trinajstić information content (AvgIpc) is 2.68. The zero-order chi connectivity index (χ0) is 14.9. The molecule has 2 rings (SSSR count). The van der Waals surface area contributed by atoms with Crippen LogP contribution in [-0.2, 0) is 0 Å². The average molecular weight is 282 g/mol. The summed E-state index contributed by atoms with van der Waals surface area (Å²) >= 11 is 0. The fourth-order valence-electron chi connectivity index (χ4n) is 2.43. The molecule has 0 aromatic heterocycles. The van der Waals surface area contributed by atoms with Crippen molar-refractivity contribution in [3.05, 3.63) is 35.6 Å². The Hall–Kier alpha value is -1.49. The molecule has 0 spiro atoms. The second kappa shape index (κ2) is 5.48. The van der Waals surface area contributed by atoms with E-state index in [1.54, 1.807) is 6.07 Å². The first-order valence-corrected chi connectivity index (χ1v) is 6.73. The molecule has 1 amide bonds. The lowest BCUT2D eigenvalue weighted by molar-refractivity contribution is 0.0780. The van der Waals surface area contributed by atoms with Crippen molar-refractivity contribution in [2.75, 3.05) is 13.1 Å². The van der Waals surface area contributed by atoms with Crippen LogP contribution < -0.4 is 5.32 Å². The predicted octanol–water partition coefficient (Wildman–Crippen LogP) is 2.38. The molecule has 1 aliphatic heterocycles. The van der Waals surface area contributed by atoms with Gasteiger partial charge in [-0.25, -0.2) is 8.78 Å². The number of rotatable bonds is 2. The third-order valence-corrected chi connectivity index (χ3v) is 3.23. The molecule has 2 atom stereocenters. The van der Waals surface area contributed by atoms with Crippen LogP contribution in [0, 0.1) is 5.82 Å². The van der Waals surface area contributed by atoms with Crippen LogP contribution in [0.25, 0.3) is 0 Å². The molecule has 0 bridgehead atoms. The highest BCUT2D eigenvalue weighted by molar-refractivity contribution is 5.94. The van der Waals surface area contributed by atoms with E-state index in [1.807, 2.05) is 20.8 Å². The highest BCUT2D eigenvalue weighted by Crippen LogP contribution is 2.19. The maximum absolute atomic E-state index is 14.0. The van der Waals surface area contributed by atoms with Gasteiger partial charge in [-0.1, -0.05) is 6.07 Å². The largest absolute Gasteiger partial charge is 0.334 e. The van der Waals surface area contributed by atoms with Gasteiger partial charge in [0.05, 0.1) is 12.6 Å². The molecule has 5 heteroatoms. The molecule has 1 aromatic rings. The SMILES string of the molecule is CC(C)(C)N[C@@H]1CN(C(=O)c2cccc(F)c2)C[C@@H]1F. The van der Waals surface area contributed by atoms with Crippen LogP contribution in [0.4, 0.5) is 8.78 Å². The van der Waals surface area contributed by atoms with Crippen molar-refractivity contribution in [1.29, 1.82) is 0 Å². The van der Waals surface area contributed by atoms with Crippen molar-refractivity contribution in [3.63, 3.8) is 0 Å². The number of amides is 1. The molecule has 3 nitrogen and oxygen atoms in total. The third kappa shape index (κ3) is 3.54. The molecular weight excluding hydrogens is 262 g/mol. The highest BCUT2D eigenvalue weighted by Gasteiger charge is 2.37. The quantitative estimate of drug-likeness (QED) is 0.903. The first-order chi connectivity index (χ1) is 9.26. The van der Waals surface area contributed by atoms with E-state index in [1.165, 1.54) is 23.1 Å². The molecule has 0 aliphatic carbocycles. The van der Waals surface area contributed by atoms with Crippen LogP contribution in [0.5, 0.6) is 0 Å². The molecule has 0 radical (unpaired) electrons. The number of nitrogens with zero attached hydrogens (tertiary/aromatic N) is 1. The van der Waals surface area contributed by atoms with Gasteiger partial charge in [0.1, 0.15) is 12.0 Å². The second-order valence-electron chi connectivity index (χ2n) is 6.24. The predicted molar refractivity (Wildman–Crippen MR) is 73.9 cm³/mol. The van der Waals surface area contributed by atoms with E-state index in [-0.39, 0.29) is 29.6 Å². The van der Waals surface area contributed by atoms with E-state index < -0.39 is 12.0 Å². The molecule has 0 unspecified atom stereocenters. The Morgan fingerprint density at radius 1 is 1.35 bits per heavy atom. The smallest absolute Gasteiger partial charge is 0.254 e. The number of halogens is 2. The zero-order valence-electron chi connectivity index (χ0n) is 12.0. The van der Waals surface area contributed by atoms with Gasteiger partial charge in [-0.05, 0) is 39.0 Å². The molecular formula is C15H20F2N2O. The maximum Gasteiger partial charge on any atom is 0.254 e. The Balaban J connectivity index is 2.06. The van der Waals surface area contributed by atoms with Crippen LogP contribution in [0.15, 0.2) is 24.3 Å². The lowest BCUT2D eigenvalue weighted by atomic mass is 10.1. The summed E-state index contributed by atoms with van der Waals surface area (Å²) in [5.74, 6) is -0.790. The van der Waals surface area contributed by atoms with Gasteiger partial charge >= 0.3 is 0 Å². The van der Waals surface area contributed by atoms with Crippen LogP contribution in [-0.4, -0.2) is 41.6 Å². The van der Waals surface area contributed by atoms with Gasteiger partial charge in [0.15, 0.2) is 0 Å². The first-order valence-electron chi connectivity index (χ1n) is 6.73. The summed E-state index contributed by atoms with van der Waals surface area (Å²) in [5, 5.41) is 3.17. The minimum absolute atomic E-state index is 0.0447. The van der Waals surface area contributed by atoms with Gasteiger partial charge in [-0.3, -0.25) is 4.79 Å². The molecule has 0 saturated carbocycles. The van der Waals surface area contributed by atoms with Crippen molar-refractivity contribution in [2.45, 2.75) is 38.5 Å². The number of hydrogen-bond donors (Lipinski definition) is 1. The van der Waals surface area contributed by atoms with Crippen molar-refractivity contribution in [1.82, 2.24) is 10.2 Å². The van der Waals surface area contributed by atoms with Gasteiger partial charge < -0.3 is 10.2 Å². The van der Waals surface area contributed by atoms with Crippen LogP contribution in [0.2, 0.25) is 0 Å². The molecule has 20 heavy (non-hydrogen) atoms. The van der Waals surface area contributed by atoms with E-state index in [2.05, 4.69) is 5.32 Å². The van der Waals surface area contributed by atoms with Crippen molar-refractivity contribution >= 4 is 5.91 Å². The summed E-state index contributed by atoms with van der Waals surface area (Å²) in [7, 11) is 0. The van der Waals surface area contributed by atoms with Crippen molar-refractivity contribution in [2.24, 2.45) is 0 Å². The molecule has 1 fully saturated rings. The van der Waals surface area contributed by atoms with E-state index in [0.29, 0.717) is 6.54 Å². The Morgan fingerprint density at radius 2 is 2.05 bits per heavy atom. The van der Waals surface area contributed by atoms with E-state index in [0.717, 1.165) is 0 Å². The lowest BCUT2D eigenvalue weighted by Gasteiger charge is -2.26. The minimum atomic E-state index is -1.10. The van der Waals surface area contributed by atoms with E-state index in [4.69, 9.17) is 0 Å². The van der Waals surface area contributed by atoms with Gasteiger partial charge in [0.25, 0.3) is 5.91 Å². The van der Waals surface area contributed by atoms with Crippen molar-refractivity contribution < 1.29 is 13.6 Å². The normalized spacial score (nSPS) is 23.1. The van der Waals surface area contributed by atoms with E-state index in [9.17, 15) is 13.6 Å². The molecule has 1 aliphatic rings. The van der Waals surface area contributed by atoms with Gasteiger partial charge in [-0.2, -0.15) is 0 Å². The van der Waals surface area contributed by atoms with Crippen molar-refractivity contribution in [3.8, 4) is 0 Å². The maximum atomic E-state index is 14.0. The standard InChI is InChI=1S/C15H20F2N2O/c1-15(2,3)18-13-9-19(8-12(13)17)14(20)10-5-4-6-11(16)7-10/h4-7,12-13,18H,8-9H2,1-3H3/t12-,13+/m0/s1. The summed E-state index contributed by atoms with van der Waals surface area (Å²) in [6, 6.07) is 5.11. The summed E-state index contributed by atoms with van der Waals surface area (Å²) < 4.78 is 27.1. The number of benzene rings is 1. The summed E-state index contributed by atoms with van der Waals surface area (Å²) in [4.78, 5) is 13.7. The third-order valence-electron chi connectivity index (χ3n) is 3.23. The number of hydrogen-bond acceptors (Lipinski definition) is 2. The summed E-state index contributed by atoms with van der Waals surface area (Å²) in [6.07, 6.45) is -1.10. The monoisotopic (exact) mass is 282 g/mol. The Kier molecular flexibility index (Phi) is 4.09. The topological polar surface area (TPSA) is 32.3 Å². The molecule has 1 heterocycles. The molecule has 1 aromatic carbocycles. The summed E-state index contributed by atoms with van der Waals surface area (Å²) in [6.45, 7) is 6.21. The Labute approximate surface area is 118 Å². The molecule has 1 N–H and O–H groups in total. The number of carbonyl (C=O) groups is 1. The molecule has 110 valence electrons. The molecule has 1 saturated heterocycles. The zero-order valence-corrected chi connectivity index (χ0v) is 12.0. The van der Waals surface area contributed by atoms with Gasteiger partial charge in [0, 0.05) is 17.6 Å². The fraction of sp³-hybridized carbons (Fsp3) is 0.533. The first kappa shape index (κ1) is 14.9. The number of carbonyl (C=O) groups excluding carboxylic acids is 1. The van der Waals surface area contributed by atoms with Gasteiger partial charge in [-0.15, -0.1) is 0 Å². The summed E-state index contributed by atoms with van der Waals surface area (Å²) in [5.41, 5.74) is 0.0426. The van der Waals surface area contributed by atoms with Crippen LogP contribution >= 0.6 is 0 Å². The fourth-order valence-corrected chi connectivity index (χ4v) is 2.43. The Morgan fingerprint density at radius 3 is 2.65 bits per heavy atom. The Bertz CT molecular complexity index is 499. The highest BCUT2D eigenvalue weighted by atomic mass is 19.1. The van der Waals surface area contributed by atoms with Crippen LogP contribution in [0.3, 0.4) is 0 Å². The second-order valence-corrected chi connectivity index (χ2v) is 6.24. The van der Waals surface area contributed by atoms with E-state index >= 15 is 0 Å².